The number of sulfonamides is 1. The fourth-order valence-corrected chi connectivity index (χ4v) is 3.68. The van der Waals surface area contributed by atoms with Crippen molar-refractivity contribution in [1.82, 2.24) is 29.7 Å². The summed E-state index contributed by atoms with van der Waals surface area (Å²) in [6.45, 7) is 2.61. The Morgan fingerprint density at radius 2 is 2.19 bits per heavy atom. The van der Waals surface area contributed by atoms with Crippen molar-refractivity contribution in [3.63, 3.8) is 0 Å². The van der Waals surface area contributed by atoms with E-state index in [1.54, 1.807) is 6.92 Å². The number of hydrogen-bond acceptors (Lipinski definition) is 5. The van der Waals surface area contributed by atoms with Gasteiger partial charge in [-0.05, 0) is 25.8 Å². The van der Waals surface area contributed by atoms with E-state index in [9.17, 15) is 8.42 Å². The Kier molecular flexibility index (Phi) is 3.77. The van der Waals surface area contributed by atoms with Crippen LogP contribution in [0.4, 0.5) is 0 Å². The highest BCUT2D eigenvalue weighted by Crippen LogP contribution is 2.19. The van der Waals surface area contributed by atoms with Gasteiger partial charge in [0.05, 0.1) is 12.2 Å². The first kappa shape index (κ1) is 14.2. The molecule has 2 aromatic heterocycles. The Bertz CT molecular complexity index is 706. The molecule has 0 aromatic carbocycles. The normalized spacial score (nSPS) is 17.2. The maximum absolute atomic E-state index is 12.2. The molecule has 8 nitrogen and oxygen atoms in total. The van der Waals surface area contributed by atoms with E-state index in [2.05, 4.69) is 25.1 Å². The van der Waals surface area contributed by atoms with Crippen LogP contribution in [0.5, 0.6) is 0 Å². The average Bonchev–Trinajstić information content (AvgIpc) is 3.05. The quantitative estimate of drug-likeness (QED) is 0.867. The molecule has 1 atom stereocenters. The molecule has 1 unspecified atom stereocenters. The molecule has 21 heavy (non-hydrogen) atoms. The van der Waals surface area contributed by atoms with Crippen LogP contribution in [0.3, 0.4) is 0 Å². The molecular formula is C12H18N6O2S. The lowest BCUT2D eigenvalue weighted by molar-refractivity contribution is 0.531. The minimum absolute atomic E-state index is 0.0463. The molecule has 0 radical (unpaired) electrons. The van der Waals surface area contributed by atoms with Crippen molar-refractivity contribution in [3.05, 3.63) is 23.9 Å². The van der Waals surface area contributed by atoms with E-state index in [1.165, 1.54) is 12.3 Å². The standard InChI is InChI=1S/C12H18N6O2S/c1-9(17-21(19,20)11-6-7-13-15-11)12-16-14-10-5-3-2-4-8-18(10)12/h6-7,9,17H,2-5,8H2,1H3,(H,13,15). The Balaban J connectivity index is 1.83. The largest absolute Gasteiger partial charge is 0.314 e. The van der Waals surface area contributed by atoms with Crippen molar-refractivity contribution in [1.29, 1.82) is 0 Å². The number of nitrogens with one attached hydrogen (secondary N) is 2. The van der Waals surface area contributed by atoms with Gasteiger partial charge < -0.3 is 4.57 Å². The summed E-state index contributed by atoms with van der Waals surface area (Å²) in [6.07, 6.45) is 5.64. The zero-order valence-electron chi connectivity index (χ0n) is 11.8. The van der Waals surface area contributed by atoms with Crippen LogP contribution in [0.1, 0.15) is 43.9 Å². The molecule has 2 N–H and O–H groups in total. The predicted molar refractivity (Wildman–Crippen MR) is 74.9 cm³/mol. The Morgan fingerprint density at radius 3 is 2.95 bits per heavy atom. The highest BCUT2D eigenvalue weighted by Gasteiger charge is 2.24. The molecule has 0 fully saturated rings. The molecule has 2 aromatic rings. The van der Waals surface area contributed by atoms with Gasteiger partial charge in [-0.15, -0.1) is 10.2 Å². The SMILES string of the molecule is CC(NS(=O)(=O)c1ccn[nH]1)c1nnc2n1CCCCC2. The molecule has 9 heteroatoms. The number of aryl methyl sites for hydroxylation is 1. The van der Waals surface area contributed by atoms with Crippen molar-refractivity contribution >= 4 is 10.0 Å². The van der Waals surface area contributed by atoms with E-state index < -0.39 is 16.1 Å². The first-order valence-electron chi connectivity index (χ1n) is 7.01. The number of hydrogen-bond donors (Lipinski definition) is 2. The van der Waals surface area contributed by atoms with Crippen LogP contribution in [-0.2, 0) is 23.0 Å². The molecule has 3 heterocycles. The fourth-order valence-electron chi connectivity index (χ4n) is 2.57. The zero-order valence-corrected chi connectivity index (χ0v) is 12.6. The highest BCUT2D eigenvalue weighted by atomic mass is 32.2. The van der Waals surface area contributed by atoms with E-state index in [1.807, 2.05) is 4.57 Å². The number of aromatic nitrogens is 5. The molecule has 114 valence electrons. The molecule has 0 aliphatic carbocycles. The Hall–Kier alpha value is -1.74. The van der Waals surface area contributed by atoms with Gasteiger partial charge in [0, 0.05) is 13.0 Å². The van der Waals surface area contributed by atoms with Crippen LogP contribution >= 0.6 is 0 Å². The van der Waals surface area contributed by atoms with Crippen molar-refractivity contribution in [2.75, 3.05) is 0 Å². The average molecular weight is 310 g/mol. The lowest BCUT2D eigenvalue weighted by atomic mass is 10.2. The molecule has 3 rings (SSSR count). The van der Waals surface area contributed by atoms with Crippen LogP contribution in [0.2, 0.25) is 0 Å². The third kappa shape index (κ3) is 2.84. The molecule has 1 aliphatic rings. The van der Waals surface area contributed by atoms with Crippen molar-refractivity contribution in [2.24, 2.45) is 0 Å². The minimum atomic E-state index is -3.63. The number of fused-ring (bicyclic) bond motifs is 1. The summed E-state index contributed by atoms with van der Waals surface area (Å²) in [5.41, 5.74) is 0. The molecule has 0 amide bonds. The van der Waals surface area contributed by atoms with Crippen LogP contribution < -0.4 is 4.72 Å². The molecule has 0 spiro atoms. The third-order valence-corrected chi connectivity index (χ3v) is 5.09. The first-order chi connectivity index (χ1) is 10.1. The van der Waals surface area contributed by atoms with Crippen LogP contribution in [0.15, 0.2) is 17.3 Å². The fraction of sp³-hybridized carbons (Fsp3) is 0.583. The number of nitrogens with zero attached hydrogens (tertiary/aromatic N) is 4. The van der Waals surface area contributed by atoms with Gasteiger partial charge in [-0.1, -0.05) is 6.42 Å². The van der Waals surface area contributed by atoms with Gasteiger partial charge in [0.2, 0.25) is 0 Å². The highest BCUT2D eigenvalue weighted by molar-refractivity contribution is 7.89. The maximum Gasteiger partial charge on any atom is 0.258 e. The predicted octanol–water partition coefficient (Wildman–Crippen LogP) is 0.767. The molecular weight excluding hydrogens is 292 g/mol. The number of H-pyrrole nitrogens is 1. The summed E-state index contributed by atoms with van der Waals surface area (Å²) in [7, 11) is -3.63. The van der Waals surface area contributed by atoms with Gasteiger partial charge in [-0.25, -0.2) is 8.42 Å². The maximum atomic E-state index is 12.2. The summed E-state index contributed by atoms with van der Waals surface area (Å²) in [4.78, 5) is 0. The van der Waals surface area contributed by atoms with Crippen LogP contribution in [-0.4, -0.2) is 33.4 Å². The van der Waals surface area contributed by atoms with Crippen molar-refractivity contribution in [2.45, 2.75) is 50.2 Å². The van der Waals surface area contributed by atoms with Crippen LogP contribution in [0, 0.1) is 0 Å². The zero-order chi connectivity index (χ0) is 14.9. The lowest BCUT2D eigenvalue weighted by Gasteiger charge is -2.14. The molecule has 1 aliphatic heterocycles. The van der Waals surface area contributed by atoms with E-state index in [0.29, 0.717) is 5.82 Å². The summed E-state index contributed by atoms with van der Waals surface area (Å²) in [5.74, 6) is 1.60. The Morgan fingerprint density at radius 1 is 1.33 bits per heavy atom. The smallest absolute Gasteiger partial charge is 0.258 e. The first-order valence-corrected chi connectivity index (χ1v) is 8.50. The van der Waals surface area contributed by atoms with E-state index in [0.717, 1.165) is 38.1 Å². The lowest BCUT2D eigenvalue weighted by Crippen LogP contribution is -2.29. The molecule has 0 bridgehead atoms. The third-order valence-electron chi connectivity index (χ3n) is 3.62. The topological polar surface area (TPSA) is 106 Å². The van der Waals surface area contributed by atoms with E-state index in [4.69, 9.17) is 0 Å². The second-order valence-electron chi connectivity index (χ2n) is 5.20. The van der Waals surface area contributed by atoms with Gasteiger partial charge in [0.1, 0.15) is 5.82 Å². The van der Waals surface area contributed by atoms with E-state index >= 15 is 0 Å². The monoisotopic (exact) mass is 310 g/mol. The summed E-state index contributed by atoms with van der Waals surface area (Å²) < 4.78 is 29.0. The summed E-state index contributed by atoms with van der Waals surface area (Å²) in [5, 5.41) is 14.5. The number of rotatable bonds is 4. The van der Waals surface area contributed by atoms with Gasteiger partial charge in [0.25, 0.3) is 10.0 Å². The minimum Gasteiger partial charge on any atom is -0.314 e. The van der Waals surface area contributed by atoms with Crippen LogP contribution in [0.25, 0.3) is 0 Å². The summed E-state index contributed by atoms with van der Waals surface area (Å²) in [6, 6.07) is 0.969. The van der Waals surface area contributed by atoms with Gasteiger partial charge in [0.15, 0.2) is 10.9 Å². The van der Waals surface area contributed by atoms with Gasteiger partial charge in [-0.2, -0.15) is 9.82 Å². The van der Waals surface area contributed by atoms with Crippen molar-refractivity contribution < 1.29 is 8.42 Å². The number of aromatic amines is 1. The summed E-state index contributed by atoms with van der Waals surface area (Å²) >= 11 is 0. The molecule has 0 saturated heterocycles. The van der Waals surface area contributed by atoms with Crippen molar-refractivity contribution in [3.8, 4) is 0 Å². The van der Waals surface area contributed by atoms with E-state index in [-0.39, 0.29) is 5.03 Å². The molecule has 0 saturated carbocycles. The second kappa shape index (κ2) is 5.57. The van der Waals surface area contributed by atoms with Gasteiger partial charge >= 0.3 is 0 Å². The second-order valence-corrected chi connectivity index (χ2v) is 6.88. The Labute approximate surface area is 123 Å². The van der Waals surface area contributed by atoms with Gasteiger partial charge in [-0.3, -0.25) is 5.10 Å².